The van der Waals surface area contributed by atoms with Crippen LogP contribution < -0.4 is 15.4 Å². The van der Waals surface area contributed by atoms with Crippen molar-refractivity contribution in [2.75, 3.05) is 14.2 Å². The molecule has 4 fully saturated rings. The van der Waals surface area contributed by atoms with Gasteiger partial charge in [-0.3, -0.25) is 14.6 Å². The van der Waals surface area contributed by atoms with Crippen LogP contribution in [-0.4, -0.2) is 93.9 Å². The maximum atomic E-state index is 13.9. The summed E-state index contributed by atoms with van der Waals surface area (Å²) in [4.78, 5) is 69.4. The van der Waals surface area contributed by atoms with Crippen molar-refractivity contribution in [2.24, 2.45) is 28.7 Å². The lowest BCUT2D eigenvalue weighted by molar-refractivity contribution is -0.137. The average Bonchev–Trinajstić information content (AvgIpc) is 3.89. The highest BCUT2D eigenvalue weighted by Crippen LogP contribution is 2.54. The number of methoxy groups -OCH3 is 2. The summed E-state index contributed by atoms with van der Waals surface area (Å²) >= 11 is 0. The molecule has 3 aliphatic heterocycles. The molecule has 59 heavy (non-hydrogen) atoms. The number of benzene rings is 3. The van der Waals surface area contributed by atoms with Gasteiger partial charge in [-0.2, -0.15) is 0 Å². The largest absolute Gasteiger partial charge is 0.457 e. The van der Waals surface area contributed by atoms with Gasteiger partial charge in [-0.25, -0.2) is 14.6 Å². The minimum absolute atomic E-state index is 0.0708. The highest BCUT2D eigenvalue weighted by Gasteiger charge is 2.57. The van der Waals surface area contributed by atoms with Gasteiger partial charge in [-0.15, -0.1) is 0 Å². The number of hydrogen-bond acceptors (Lipinski definition) is 9. The number of H-pyrrole nitrogens is 1. The Bertz CT molecular complexity index is 2370. The van der Waals surface area contributed by atoms with Crippen molar-refractivity contribution in [3.8, 4) is 22.6 Å². The smallest absolute Gasteiger partial charge is 0.407 e. The van der Waals surface area contributed by atoms with Crippen LogP contribution in [0.1, 0.15) is 70.8 Å². The van der Waals surface area contributed by atoms with Crippen LogP contribution >= 0.6 is 0 Å². The van der Waals surface area contributed by atoms with Gasteiger partial charge in [-0.1, -0.05) is 52.0 Å². The predicted octanol–water partition coefficient (Wildman–Crippen LogP) is 7.06. The zero-order chi connectivity index (χ0) is 41.3. The van der Waals surface area contributed by atoms with Gasteiger partial charge in [0.05, 0.1) is 43.0 Å². The lowest BCUT2D eigenvalue weighted by atomic mass is 9.97. The average molecular weight is 802 g/mol. The first kappa shape index (κ1) is 38.6. The van der Waals surface area contributed by atoms with Gasteiger partial charge in [0, 0.05) is 30.3 Å². The molecule has 14 nitrogen and oxygen atoms in total. The van der Waals surface area contributed by atoms with Gasteiger partial charge < -0.3 is 39.6 Å². The summed E-state index contributed by atoms with van der Waals surface area (Å²) in [6, 6.07) is 18.7. The fraction of sp³-hybridized carbons (Fsp3) is 0.467. The number of carbonyl (C=O) groups excluding carboxylic acids is 4. The van der Waals surface area contributed by atoms with E-state index in [1.165, 1.54) is 14.2 Å². The molecule has 9 rings (SSSR count). The standard InChI is InChI=1S/C45H51N7O7/c1-22(2)39(49-44(55)57-5)42(53)51-35-17-27(35)19-37(51)34-16-26-11-10-25(15-32(26)46-34)24-8-7-9-29(14-24)59-30-12-13-31-33(21-30)48-41(47-31)38-20-28-18-36(28)52(38)43(54)40(23(3)4)50-45(56)58-6/h7-15,21-23,27-28,35-40H,16-20H2,1-6H3,(H,47,48)(H,49,55)(H,50,56)/t27-,28-,35-,36-,37+,38+,39+,40+/m1/s1. The molecule has 5 aliphatic rings. The number of ether oxygens (including phenoxy) is 3. The van der Waals surface area contributed by atoms with Crippen molar-refractivity contribution < 1.29 is 33.4 Å². The van der Waals surface area contributed by atoms with Crippen LogP contribution in [0.3, 0.4) is 0 Å². The van der Waals surface area contributed by atoms with Crippen LogP contribution in [0.15, 0.2) is 65.7 Å². The highest BCUT2D eigenvalue weighted by molar-refractivity contribution is 6.02. The number of carbonyl (C=O) groups is 4. The first-order chi connectivity index (χ1) is 28.4. The molecule has 308 valence electrons. The first-order valence-corrected chi connectivity index (χ1v) is 20.7. The SMILES string of the molecule is COC(=O)N[C@H](C(=O)N1[C@@H]2C[C@@H]2C[C@H]1C1=Nc2cc(-c3cccc(Oc4ccc5nc([C@@H]6C[C@H]7C[C@H]7N6C(=O)[C@@H](NC(=O)OC)C(C)C)[nH]c5c4)c3)ccc2C1)C(C)C. The number of likely N-dealkylation sites (tertiary alicyclic amines) is 2. The molecule has 4 amide bonds. The number of hydrogen-bond donors (Lipinski definition) is 3. The third-order valence-corrected chi connectivity index (χ3v) is 12.8. The molecule has 2 saturated heterocycles. The number of piperidine rings is 2. The Kier molecular flexibility index (Phi) is 9.83. The van der Waals surface area contributed by atoms with Gasteiger partial charge in [0.1, 0.15) is 29.4 Å². The number of imidazole rings is 1. The predicted molar refractivity (Wildman–Crippen MR) is 220 cm³/mol. The van der Waals surface area contributed by atoms with E-state index in [0.29, 0.717) is 29.8 Å². The fourth-order valence-corrected chi connectivity index (χ4v) is 9.49. The molecule has 0 bridgehead atoms. The molecule has 2 aliphatic carbocycles. The van der Waals surface area contributed by atoms with E-state index in [0.717, 1.165) is 70.6 Å². The van der Waals surface area contributed by atoms with E-state index >= 15 is 0 Å². The van der Waals surface area contributed by atoms with Crippen LogP contribution in [-0.2, 0) is 25.5 Å². The minimum Gasteiger partial charge on any atom is -0.457 e. The normalized spacial score (nSPS) is 24.6. The number of aromatic nitrogens is 2. The minimum atomic E-state index is -0.695. The molecule has 3 aromatic carbocycles. The number of aliphatic imine (C=N–C) groups is 1. The summed E-state index contributed by atoms with van der Waals surface area (Å²) in [5, 5.41) is 5.50. The van der Waals surface area contributed by atoms with Gasteiger partial charge in [0.25, 0.3) is 0 Å². The molecule has 2 saturated carbocycles. The van der Waals surface area contributed by atoms with Gasteiger partial charge >= 0.3 is 12.2 Å². The Morgan fingerprint density at radius 3 is 1.98 bits per heavy atom. The summed E-state index contributed by atoms with van der Waals surface area (Å²) in [6.07, 6.45) is 3.12. The molecule has 4 aromatic rings. The van der Waals surface area contributed by atoms with Crippen molar-refractivity contribution in [2.45, 2.75) is 96.1 Å². The Morgan fingerprint density at radius 2 is 1.34 bits per heavy atom. The van der Waals surface area contributed by atoms with Crippen LogP contribution in [0, 0.1) is 23.7 Å². The molecule has 8 atom stereocenters. The number of alkyl carbamates (subject to hydrolysis) is 2. The van der Waals surface area contributed by atoms with E-state index in [1.807, 2.05) is 80.0 Å². The molecule has 14 heteroatoms. The first-order valence-electron chi connectivity index (χ1n) is 20.7. The molecule has 0 spiro atoms. The fourth-order valence-electron chi connectivity index (χ4n) is 9.49. The van der Waals surface area contributed by atoms with E-state index in [4.69, 9.17) is 24.2 Å². The van der Waals surface area contributed by atoms with Gasteiger partial charge in [0.2, 0.25) is 11.8 Å². The van der Waals surface area contributed by atoms with Crippen LogP contribution in [0.25, 0.3) is 22.2 Å². The van der Waals surface area contributed by atoms with Crippen molar-refractivity contribution in [1.82, 2.24) is 30.4 Å². The zero-order valence-corrected chi connectivity index (χ0v) is 34.2. The molecular formula is C45H51N7O7. The monoisotopic (exact) mass is 801 g/mol. The highest BCUT2D eigenvalue weighted by atomic mass is 16.5. The van der Waals surface area contributed by atoms with Crippen molar-refractivity contribution in [3.63, 3.8) is 0 Å². The topological polar surface area (TPSA) is 168 Å². The van der Waals surface area contributed by atoms with Gasteiger partial charge in [-0.05, 0) is 96.4 Å². The number of fused-ring (bicyclic) bond motifs is 4. The van der Waals surface area contributed by atoms with E-state index in [2.05, 4.69) is 33.8 Å². The van der Waals surface area contributed by atoms with Gasteiger partial charge in [0.15, 0.2) is 0 Å². The third kappa shape index (κ3) is 7.27. The van der Waals surface area contributed by atoms with Crippen molar-refractivity contribution >= 4 is 46.4 Å². The third-order valence-electron chi connectivity index (χ3n) is 12.8. The van der Waals surface area contributed by atoms with E-state index in [1.54, 1.807) is 0 Å². The van der Waals surface area contributed by atoms with E-state index in [9.17, 15) is 19.2 Å². The Labute approximate surface area is 343 Å². The van der Waals surface area contributed by atoms with Crippen molar-refractivity contribution in [1.29, 1.82) is 0 Å². The van der Waals surface area contributed by atoms with E-state index < -0.39 is 24.3 Å². The number of amides is 4. The Hall–Kier alpha value is -5.92. The van der Waals surface area contributed by atoms with E-state index in [-0.39, 0.29) is 47.8 Å². The Morgan fingerprint density at radius 1 is 0.729 bits per heavy atom. The summed E-state index contributed by atoms with van der Waals surface area (Å²) in [5.74, 6) is 2.55. The second-order valence-corrected chi connectivity index (χ2v) is 17.4. The molecular weight excluding hydrogens is 751 g/mol. The van der Waals surface area contributed by atoms with Crippen LogP contribution in [0.4, 0.5) is 15.3 Å². The second-order valence-electron chi connectivity index (χ2n) is 17.4. The molecule has 0 radical (unpaired) electrons. The quantitative estimate of drug-likeness (QED) is 0.145. The Balaban J connectivity index is 0.900. The summed E-state index contributed by atoms with van der Waals surface area (Å²) in [6.45, 7) is 7.70. The lowest BCUT2D eigenvalue weighted by Crippen LogP contribution is -2.55. The summed E-state index contributed by atoms with van der Waals surface area (Å²) < 4.78 is 16.0. The number of aromatic amines is 1. The van der Waals surface area contributed by atoms with Crippen LogP contribution in [0.5, 0.6) is 11.5 Å². The maximum absolute atomic E-state index is 13.9. The number of nitrogens with zero attached hydrogens (tertiary/aromatic N) is 4. The number of rotatable bonds is 11. The molecule has 3 N–H and O–H groups in total. The number of nitrogens with one attached hydrogen (secondary N) is 3. The second kappa shape index (κ2) is 15.0. The zero-order valence-electron chi connectivity index (χ0n) is 34.2. The maximum Gasteiger partial charge on any atom is 0.407 e. The molecule has 4 heterocycles. The summed E-state index contributed by atoms with van der Waals surface area (Å²) in [7, 11) is 2.61. The lowest BCUT2D eigenvalue weighted by Gasteiger charge is -2.32. The molecule has 1 aromatic heterocycles. The molecule has 0 unspecified atom stereocenters. The van der Waals surface area contributed by atoms with Crippen LogP contribution in [0.2, 0.25) is 0 Å². The van der Waals surface area contributed by atoms with Crippen molar-refractivity contribution in [3.05, 3.63) is 72.1 Å². The summed E-state index contributed by atoms with van der Waals surface area (Å²) in [5.41, 5.74) is 6.60.